The Hall–Kier alpha value is -1.95. The highest BCUT2D eigenvalue weighted by molar-refractivity contribution is 5.74. The van der Waals surface area contributed by atoms with Crippen LogP contribution in [0.4, 0.5) is 4.79 Å². The van der Waals surface area contributed by atoms with E-state index in [1.54, 1.807) is 7.11 Å². The topological polar surface area (TPSA) is 62.8 Å². The predicted octanol–water partition coefficient (Wildman–Crippen LogP) is 2.00. The van der Waals surface area contributed by atoms with Crippen LogP contribution in [0.15, 0.2) is 24.3 Å². The van der Waals surface area contributed by atoms with Crippen LogP contribution in [0.1, 0.15) is 25.7 Å². The minimum absolute atomic E-state index is 0.0989. The Morgan fingerprint density at radius 3 is 2.42 bits per heavy atom. The van der Waals surface area contributed by atoms with Crippen molar-refractivity contribution in [1.29, 1.82) is 0 Å². The first-order chi connectivity index (χ1) is 11.7. The summed E-state index contributed by atoms with van der Waals surface area (Å²) in [6, 6.07) is 8.43. The van der Waals surface area contributed by atoms with Crippen molar-refractivity contribution in [1.82, 2.24) is 15.5 Å². The monoisotopic (exact) mass is 333 g/mol. The summed E-state index contributed by atoms with van der Waals surface area (Å²) in [6.07, 6.45) is 4.80. The van der Waals surface area contributed by atoms with Crippen LogP contribution in [0.5, 0.6) is 11.5 Å². The molecule has 24 heavy (non-hydrogen) atoms. The summed E-state index contributed by atoms with van der Waals surface area (Å²) in [7, 11) is 1.63. The Morgan fingerprint density at radius 2 is 1.79 bits per heavy atom. The molecule has 0 aromatic heterocycles. The molecule has 3 rings (SSSR count). The van der Waals surface area contributed by atoms with Gasteiger partial charge in [-0.1, -0.05) is 0 Å². The highest BCUT2D eigenvalue weighted by Crippen LogP contribution is 2.29. The van der Waals surface area contributed by atoms with E-state index >= 15 is 0 Å². The van der Waals surface area contributed by atoms with E-state index in [2.05, 4.69) is 15.5 Å². The summed E-state index contributed by atoms with van der Waals surface area (Å²) in [5, 5.41) is 5.92. The van der Waals surface area contributed by atoms with Crippen LogP contribution < -0.4 is 20.1 Å². The number of amides is 2. The summed E-state index contributed by atoms with van der Waals surface area (Å²) in [5.74, 6) is 1.57. The van der Waals surface area contributed by atoms with Crippen molar-refractivity contribution in [2.45, 2.75) is 37.8 Å². The van der Waals surface area contributed by atoms with Crippen molar-refractivity contribution in [3.8, 4) is 11.5 Å². The van der Waals surface area contributed by atoms with Crippen LogP contribution in [-0.2, 0) is 0 Å². The number of ether oxygens (including phenoxy) is 2. The SMILES string of the molecule is COc1ccc(OCCNC(=O)NC2CCN(C3CC3)CC2)cc1. The molecule has 6 heteroatoms. The van der Waals surface area contributed by atoms with Crippen molar-refractivity contribution in [2.75, 3.05) is 33.4 Å². The molecule has 1 aromatic carbocycles. The second kappa shape index (κ2) is 8.24. The zero-order valence-corrected chi connectivity index (χ0v) is 14.3. The summed E-state index contributed by atoms with van der Waals surface area (Å²) in [6.45, 7) is 3.14. The fraction of sp³-hybridized carbons (Fsp3) is 0.611. The van der Waals surface area contributed by atoms with Crippen molar-refractivity contribution < 1.29 is 14.3 Å². The van der Waals surface area contributed by atoms with Crippen LogP contribution in [0, 0.1) is 0 Å². The van der Waals surface area contributed by atoms with Gasteiger partial charge in [-0.15, -0.1) is 0 Å². The van der Waals surface area contributed by atoms with Crippen LogP contribution in [0.3, 0.4) is 0 Å². The molecule has 1 aromatic rings. The van der Waals surface area contributed by atoms with Gasteiger partial charge in [0, 0.05) is 25.2 Å². The van der Waals surface area contributed by atoms with E-state index < -0.39 is 0 Å². The highest BCUT2D eigenvalue weighted by atomic mass is 16.5. The lowest BCUT2D eigenvalue weighted by Crippen LogP contribution is -2.48. The van der Waals surface area contributed by atoms with E-state index in [-0.39, 0.29) is 6.03 Å². The number of likely N-dealkylation sites (tertiary alicyclic amines) is 1. The minimum Gasteiger partial charge on any atom is -0.497 e. The van der Waals surface area contributed by atoms with Gasteiger partial charge >= 0.3 is 6.03 Å². The van der Waals surface area contributed by atoms with Gasteiger partial charge in [0.25, 0.3) is 0 Å². The Labute approximate surface area is 143 Å². The number of nitrogens with one attached hydrogen (secondary N) is 2. The number of hydrogen-bond donors (Lipinski definition) is 2. The molecule has 0 atom stereocenters. The second-order valence-corrected chi connectivity index (χ2v) is 6.47. The lowest BCUT2D eigenvalue weighted by molar-refractivity contribution is 0.185. The number of urea groups is 1. The molecule has 0 spiro atoms. The molecule has 0 unspecified atom stereocenters. The third kappa shape index (κ3) is 5.03. The first kappa shape index (κ1) is 16.9. The summed E-state index contributed by atoms with van der Waals surface area (Å²) in [4.78, 5) is 14.5. The van der Waals surface area contributed by atoms with Gasteiger partial charge in [-0.3, -0.25) is 0 Å². The molecular weight excluding hydrogens is 306 g/mol. The van der Waals surface area contributed by atoms with Gasteiger partial charge in [-0.25, -0.2) is 4.79 Å². The molecule has 132 valence electrons. The normalized spacial score (nSPS) is 18.9. The number of methoxy groups -OCH3 is 1. The summed E-state index contributed by atoms with van der Waals surface area (Å²) < 4.78 is 10.7. The number of nitrogens with zero attached hydrogens (tertiary/aromatic N) is 1. The van der Waals surface area contributed by atoms with Gasteiger partial charge < -0.3 is 25.0 Å². The van der Waals surface area contributed by atoms with Crippen molar-refractivity contribution in [3.05, 3.63) is 24.3 Å². The fourth-order valence-electron chi connectivity index (χ4n) is 3.09. The largest absolute Gasteiger partial charge is 0.497 e. The molecule has 2 fully saturated rings. The van der Waals surface area contributed by atoms with Crippen LogP contribution >= 0.6 is 0 Å². The number of hydrogen-bond acceptors (Lipinski definition) is 4. The van der Waals surface area contributed by atoms with E-state index in [4.69, 9.17) is 9.47 Å². The van der Waals surface area contributed by atoms with Gasteiger partial charge in [0.2, 0.25) is 0 Å². The maximum absolute atomic E-state index is 11.9. The van der Waals surface area contributed by atoms with Crippen LogP contribution in [0.25, 0.3) is 0 Å². The standard InChI is InChI=1S/C18H27N3O3/c1-23-16-4-6-17(7-5-16)24-13-10-19-18(22)20-14-8-11-21(12-9-14)15-2-3-15/h4-7,14-15H,2-3,8-13H2,1H3,(H2,19,20,22). The van der Waals surface area contributed by atoms with E-state index in [1.165, 1.54) is 12.8 Å². The van der Waals surface area contributed by atoms with Crippen molar-refractivity contribution >= 4 is 6.03 Å². The van der Waals surface area contributed by atoms with Gasteiger partial charge in [0.15, 0.2) is 0 Å². The Bertz CT molecular complexity index is 523. The quantitative estimate of drug-likeness (QED) is 0.749. The maximum atomic E-state index is 11.9. The van der Waals surface area contributed by atoms with Crippen molar-refractivity contribution in [2.24, 2.45) is 0 Å². The summed E-state index contributed by atoms with van der Waals surface area (Å²) >= 11 is 0. The van der Waals surface area contributed by atoms with Gasteiger partial charge in [-0.05, 0) is 49.9 Å². The molecule has 1 saturated heterocycles. The Kier molecular flexibility index (Phi) is 5.80. The molecule has 1 aliphatic carbocycles. The fourth-order valence-corrected chi connectivity index (χ4v) is 3.09. The van der Waals surface area contributed by atoms with E-state index in [0.717, 1.165) is 43.5 Å². The average molecular weight is 333 g/mol. The smallest absolute Gasteiger partial charge is 0.315 e. The zero-order chi connectivity index (χ0) is 16.8. The molecule has 0 radical (unpaired) electrons. The molecule has 0 bridgehead atoms. The van der Waals surface area contributed by atoms with E-state index in [1.807, 2.05) is 24.3 Å². The summed E-state index contributed by atoms with van der Waals surface area (Å²) in [5.41, 5.74) is 0. The molecule has 6 nitrogen and oxygen atoms in total. The van der Waals surface area contributed by atoms with E-state index in [0.29, 0.717) is 19.2 Å². The number of carbonyl (C=O) groups excluding carboxylic acids is 1. The lowest BCUT2D eigenvalue weighted by Gasteiger charge is -2.32. The second-order valence-electron chi connectivity index (χ2n) is 6.47. The van der Waals surface area contributed by atoms with Crippen LogP contribution in [0.2, 0.25) is 0 Å². The number of rotatable bonds is 7. The highest BCUT2D eigenvalue weighted by Gasteiger charge is 2.31. The first-order valence-corrected chi connectivity index (χ1v) is 8.80. The van der Waals surface area contributed by atoms with Crippen LogP contribution in [-0.4, -0.2) is 56.4 Å². The zero-order valence-electron chi connectivity index (χ0n) is 14.3. The van der Waals surface area contributed by atoms with Crippen molar-refractivity contribution in [3.63, 3.8) is 0 Å². The molecular formula is C18H27N3O3. The number of piperidine rings is 1. The molecule has 1 heterocycles. The first-order valence-electron chi connectivity index (χ1n) is 8.80. The molecule has 1 aliphatic heterocycles. The predicted molar refractivity (Wildman–Crippen MR) is 92.6 cm³/mol. The Morgan fingerprint density at radius 1 is 1.12 bits per heavy atom. The van der Waals surface area contributed by atoms with Gasteiger partial charge in [-0.2, -0.15) is 0 Å². The minimum atomic E-state index is -0.0989. The van der Waals surface area contributed by atoms with E-state index in [9.17, 15) is 4.79 Å². The maximum Gasteiger partial charge on any atom is 0.315 e. The molecule has 2 N–H and O–H groups in total. The molecule has 2 amide bonds. The molecule has 2 aliphatic rings. The third-order valence-corrected chi connectivity index (χ3v) is 4.64. The number of benzene rings is 1. The average Bonchev–Trinajstić information content (AvgIpc) is 3.45. The number of carbonyl (C=O) groups is 1. The van der Waals surface area contributed by atoms with Gasteiger partial charge in [0.1, 0.15) is 18.1 Å². The molecule has 1 saturated carbocycles. The Balaban J connectivity index is 1.27. The third-order valence-electron chi connectivity index (χ3n) is 4.64. The lowest BCUT2D eigenvalue weighted by atomic mass is 10.1. The van der Waals surface area contributed by atoms with Gasteiger partial charge in [0.05, 0.1) is 13.7 Å².